The van der Waals surface area contributed by atoms with E-state index in [1.165, 1.54) is 0 Å². The van der Waals surface area contributed by atoms with Gasteiger partial charge >= 0.3 is 0 Å². The minimum atomic E-state index is -0.358. The van der Waals surface area contributed by atoms with Gasteiger partial charge in [0.25, 0.3) is 0 Å². The minimum absolute atomic E-state index is 0.00214. The van der Waals surface area contributed by atoms with Crippen LogP contribution in [0.1, 0.15) is 25.8 Å². The van der Waals surface area contributed by atoms with Crippen LogP contribution in [-0.4, -0.2) is 23.7 Å². The predicted octanol–water partition coefficient (Wildman–Crippen LogP) is 2.91. The van der Waals surface area contributed by atoms with E-state index in [9.17, 15) is 9.90 Å². The first-order chi connectivity index (χ1) is 10.1. The molecule has 21 heavy (non-hydrogen) atoms. The predicted molar refractivity (Wildman–Crippen MR) is 86.1 cm³/mol. The van der Waals surface area contributed by atoms with Crippen LogP contribution in [0, 0.1) is 5.92 Å². The summed E-state index contributed by atoms with van der Waals surface area (Å²) < 4.78 is 0. The van der Waals surface area contributed by atoms with Crippen LogP contribution >= 0.6 is 0 Å². The molecule has 0 aliphatic rings. The van der Waals surface area contributed by atoms with Gasteiger partial charge in [-0.1, -0.05) is 56.3 Å². The standard InChI is InChI=1S/C18H23NO2/c1-13(2)17(20)10-11-19-18(21)12-15-8-5-7-14-6-3-4-9-16(14)15/h3-9,13,17,20H,10-12H2,1-2H3,(H,19,21). The molecule has 1 amide bonds. The summed E-state index contributed by atoms with van der Waals surface area (Å²) in [4.78, 5) is 12.0. The van der Waals surface area contributed by atoms with Crippen molar-refractivity contribution in [3.05, 3.63) is 48.0 Å². The van der Waals surface area contributed by atoms with Crippen LogP contribution in [0.3, 0.4) is 0 Å². The van der Waals surface area contributed by atoms with Crippen LogP contribution in [0.5, 0.6) is 0 Å². The number of carbonyl (C=O) groups is 1. The maximum absolute atomic E-state index is 12.0. The Labute approximate surface area is 126 Å². The largest absolute Gasteiger partial charge is 0.393 e. The first kappa shape index (κ1) is 15.5. The van der Waals surface area contributed by atoms with Crippen molar-refractivity contribution in [3.8, 4) is 0 Å². The van der Waals surface area contributed by atoms with Gasteiger partial charge in [-0.2, -0.15) is 0 Å². The molecular weight excluding hydrogens is 262 g/mol. The average Bonchev–Trinajstić information content (AvgIpc) is 2.47. The van der Waals surface area contributed by atoms with Crippen LogP contribution < -0.4 is 5.32 Å². The number of carbonyl (C=O) groups excluding carboxylic acids is 1. The summed E-state index contributed by atoms with van der Waals surface area (Å²) in [7, 11) is 0. The fraction of sp³-hybridized carbons (Fsp3) is 0.389. The third kappa shape index (κ3) is 4.30. The number of benzene rings is 2. The minimum Gasteiger partial charge on any atom is -0.393 e. The Morgan fingerprint density at radius 1 is 1.14 bits per heavy atom. The number of rotatable bonds is 6. The SMILES string of the molecule is CC(C)C(O)CCNC(=O)Cc1cccc2ccccc12. The van der Waals surface area contributed by atoms with Gasteiger partial charge in [-0.25, -0.2) is 0 Å². The van der Waals surface area contributed by atoms with E-state index in [1.54, 1.807) is 0 Å². The molecule has 2 aromatic rings. The Morgan fingerprint density at radius 2 is 1.86 bits per heavy atom. The first-order valence-electron chi connectivity index (χ1n) is 7.49. The normalized spacial score (nSPS) is 12.6. The Balaban J connectivity index is 1.93. The number of nitrogens with one attached hydrogen (secondary N) is 1. The first-order valence-corrected chi connectivity index (χ1v) is 7.49. The zero-order valence-electron chi connectivity index (χ0n) is 12.7. The molecule has 0 saturated carbocycles. The Kier molecular flexibility index (Phi) is 5.34. The fourth-order valence-electron chi connectivity index (χ4n) is 2.37. The molecule has 2 rings (SSSR count). The monoisotopic (exact) mass is 285 g/mol. The Hall–Kier alpha value is -1.87. The zero-order valence-corrected chi connectivity index (χ0v) is 12.7. The van der Waals surface area contributed by atoms with E-state index in [-0.39, 0.29) is 17.9 Å². The molecule has 1 unspecified atom stereocenters. The van der Waals surface area contributed by atoms with E-state index >= 15 is 0 Å². The lowest BCUT2D eigenvalue weighted by Crippen LogP contribution is -2.29. The molecule has 2 N–H and O–H groups in total. The number of hydrogen-bond donors (Lipinski definition) is 2. The molecule has 0 radical (unpaired) electrons. The molecule has 0 saturated heterocycles. The van der Waals surface area contributed by atoms with Crippen molar-refractivity contribution >= 4 is 16.7 Å². The van der Waals surface area contributed by atoms with Crippen molar-refractivity contribution in [1.82, 2.24) is 5.32 Å². The third-order valence-corrected chi connectivity index (χ3v) is 3.76. The molecule has 0 aliphatic heterocycles. The highest BCUT2D eigenvalue weighted by atomic mass is 16.3. The molecule has 3 nitrogen and oxygen atoms in total. The highest BCUT2D eigenvalue weighted by Gasteiger charge is 2.10. The van der Waals surface area contributed by atoms with E-state index in [0.29, 0.717) is 19.4 Å². The van der Waals surface area contributed by atoms with Crippen LogP contribution in [0.25, 0.3) is 10.8 Å². The molecule has 1 atom stereocenters. The lowest BCUT2D eigenvalue weighted by molar-refractivity contribution is -0.120. The van der Waals surface area contributed by atoms with E-state index < -0.39 is 0 Å². The third-order valence-electron chi connectivity index (χ3n) is 3.76. The number of aliphatic hydroxyl groups excluding tert-OH is 1. The van der Waals surface area contributed by atoms with Gasteiger partial charge in [0.15, 0.2) is 0 Å². The van der Waals surface area contributed by atoms with E-state index in [1.807, 2.05) is 44.2 Å². The molecule has 2 aromatic carbocycles. The van der Waals surface area contributed by atoms with Crippen LogP contribution in [0.15, 0.2) is 42.5 Å². The summed E-state index contributed by atoms with van der Waals surface area (Å²) in [6, 6.07) is 14.1. The van der Waals surface area contributed by atoms with Gasteiger partial charge in [-0.15, -0.1) is 0 Å². The number of fused-ring (bicyclic) bond motifs is 1. The van der Waals surface area contributed by atoms with Crippen molar-refractivity contribution in [2.24, 2.45) is 5.92 Å². The molecule has 0 spiro atoms. The van der Waals surface area contributed by atoms with E-state index in [0.717, 1.165) is 16.3 Å². The molecule has 3 heteroatoms. The van der Waals surface area contributed by atoms with Crippen LogP contribution in [0.4, 0.5) is 0 Å². The van der Waals surface area contributed by atoms with Gasteiger partial charge in [0.2, 0.25) is 5.91 Å². The van der Waals surface area contributed by atoms with E-state index in [4.69, 9.17) is 0 Å². The summed E-state index contributed by atoms with van der Waals surface area (Å²) in [5.74, 6) is 0.224. The number of amides is 1. The highest BCUT2D eigenvalue weighted by molar-refractivity contribution is 5.90. The summed E-state index contributed by atoms with van der Waals surface area (Å²) in [5, 5.41) is 14.9. The number of hydrogen-bond acceptors (Lipinski definition) is 2. The second-order valence-corrected chi connectivity index (χ2v) is 5.77. The lowest BCUT2D eigenvalue weighted by atomic mass is 10.0. The highest BCUT2D eigenvalue weighted by Crippen LogP contribution is 2.18. The molecule has 0 bridgehead atoms. The summed E-state index contributed by atoms with van der Waals surface area (Å²) in [6.45, 7) is 4.47. The molecule has 0 heterocycles. The summed E-state index contributed by atoms with van der Waals surface area (Å²) in [6.07, 6.45) is 0.612. The molecule has 0 fully saturated rings. The summed E-state index contributed by atoms with van der Waals surface area (Å²) >= 11 is 0. The number of aliphatic hydroxyl groups is 1. The van der Waals surface area contributed by atoms with Crippen LogP contribution in [-0.2, 0) is 11.2 Å². The Morgan fingerprint density at radius 3 is 2.62 bits per heavy atom. The van der Waals surface area contributed by atoms with Gasteiger partial charge in [0.1, 0.15) is 0 Å². The maximum Gasteiger partial charge on any atom is 0.224 e. The van der Waals surface area contributed by atoms with Crippen molar-refractivity contribution in [3.63, 3.8) is 0 Å². The van der Waals surface area contributed by atoms with Gasteiger partial charge in [0, 0.05) is 6.54 Å². The van der Waals surface area contributed by atoms with Gasteiger partial charge in [-0.05, 0) is 28.7 Å². The summed E-state index contributed by atoms with van der Waals surface area (Å²) in [5.41, 5.74) is 1.04. The molecule has 0 aromatic heterocycles. The lowest BCUT2D eigenvalue weighted by Gasteiger charge is -2.14. The van der Waals surface area contributed by atoms with Crippen LogP contribution in [0.2, 0.25) is 0 Å². The fourth-order valence-corrected chi connectivity index (χ4v) is 2.37. The quantitative estimate of drug-likeness (QED) is 0.857. The molecule has 0 aliphatic carbocycles. The smallest absolute Gasteiger partial charge is 0.224 e. The maximum atomic E-state index is 12.0. The topological polar surface area (TPSA) is 49.3 Å². The average molecular weight is 285 g/mol. The second kappa shape index (κ2) is 7.23. The van der Waals surface area contributed by atoms with Crippen molar-refractivity contribution in [2.75, 3.05) is 6.54 Å². The molecular formula is C18H23NO2. The van der Waals surface area contributed by atoms with Gasteiger partial charge in [-0.3, -0.25) is 4.79 Å². The molecule has 112 valence electrons. The van der Waals surface area contributed by atoms with Crippen molar-refractivity contribution in [1.29, 1.82) is 0 Å². The van der Waals surface area contributed by atoms with Crippen molar-refractivity contribution < 1.29 is 9.90 Å². The zero-order chi connectivity index (χ0) is 15.2. The second-order valence-electron chi connectivity index (χ2n) is 5.77. The van der Waals surface area contributed by atoms with Crippen molar-refractivity contribution in [2.45, 2.75) is 32.8 Å². The van der Waals surface area contributed by atoms with Gasteiger partial charge < -0.3 is 10.4 Å². The van der Waals surface area contributed by atoms with E-state index in [2.05, 4.69) is 17.4 Å². The Bertz CT molecular complexity index is 602. The van der Waals surface area contributed by atoms with Gasteiger partial charge in [0.05, 0.1) is 12.5 Å².